The van der Waals surface area contributed by atoms with E-state index < -0.39 is 0 Å². The van der Waals surface area contributed by atoms with Crippen molar-refractivity contribution in [3.05, 3.63) is 70.0 Å². The van der Waals surface area contributed by atoms with Gasteiger partial charge in [-0.15, -0.1) is 11.3 Å². The Hall–Kier alpha value is -2.90. The summed E-state index contributed by atoms with van der Waals surface area (Å²) in [5, 5.41) is 7.29. The van der Waals surface area contributed by atoms with E-state index in [0.717, 1.165) is 32.3 Å². The molecular weight excluding hydrogens is 452 g/mol. The molecule has 0 bridgehead atoms. The van der Waals surface area contributed by atoms with Crippen LogP contribution in [0.15, 0.2) is 64.5 Å². The molecule has 0 saturated carbocycles. The summed E-state index contributed by atoms with van der Waals surface area (Å²) in [6.07, 6.45) is 0. The van der Waals surface area contributed by atoms with Crippen LogP contribution in [-0.4, -0.2) is 25.1 Å². The Morgan fingerprint density at radius 2 is 1.72 bits per heavy atom. The molecule has 0 radical (unpaired) electrons. The number of hydrogen-bond acceptors (Lipinski definition) is 5. The van der Waals surface area contributed by atoms with E-state index in [9.17, 15) is 4.79 Å². The number of aromatic nitrogens is 1. The predicted molar refractivity (Wildman–Crippen MR) is 120 cm³/mol. The maximum atomic E-state index is 12.9. The van der Waals surface area contributed by atoms with Crippen molar-refractivity contribution in [2.45, 2.75) is 0 Å². The second-order valence-electron chi connectivity index (χ2n) is 6.24. The highest BCUT2D eigenvalue weighted by atomic mass is 79.9. The summed E-state index contributed by atoms with van der Waals surface area (Å²) in [5.41, 5.74) is 2.17. The lowest BCUT2D eigenvalue weighted by atomic mass is 10.1. The highest BCUT2D eigenvalue weighted by Crippen LogP contribution is 2.32. The molecule has 1 aromatic heterocycles. The van der Waals surface area contributed by atoms with E-state index in [1.54, 1.807) is 14.2 Å². The summed E-state index contributed by atoms with van der Waals surface area (Å²) in [6.45, 7) is 0. The zero-order chi connectivity index (χ0) is 20.4. The maximum absolute atomic E-state index is 12.9. The molecule has 3 aromatic carbocycles. The number of halogens is 1. The van der Waals surface area contributed by atoms with E-state index in [1.807, 2.05) is 60.0 Å². The fourth-order valence-electron chi connectivity index (χ4n) is 3.02. The fraction of sp³-hybridized carbons (Fsp3) is 0.0909. The van der Waals surface area contributed by atoms with Crippen LogP contribution in [0.4, 0.5) is 5.13 Å². The van der Waals surface area contributed by atoms with Crippen LogP contribution in [0.2, 0.25) is 0 Å². The molecule has 0 unspecified atom stereocenters. The second kappa shape index (κ2) is 8.23. The minimum atomic E-state index is -0.260. The van der Waals surface area contributed by atoms with Crippen LogP contribution in [0.25, 0.3) is 22.0 Å². The number of anilines is 1. The smallest absolute Gasteiger partial charge is 0.261 e. The Morgan fingerprint density at radius 3 is 2.41 bits per heavy atom. The molecule has 0 saturated heterocycles. The number of nitrogens with one attached hydrogen (secondary N) is 1. The number of benzene rings is 3. The van der Waals surface area contributed by atoms with Crippen LogP contribution < -0.4 is 14.8 Å². The summed E-state index contributed by atoms with van der Waals surface area (Å²) in [4.78, 5) is 17.4. The third-order valence-corrected chi connectivity index (χ3v) is 5.86. The molecule has 4 aromatic rings. The average molecular weight is 469 g/mol. The van der Waals surface area contributed by atoms with Gasteiger partial charge in [0, 0.05) is 10.9 Å². The molecule has 0 spiro atoms. The van der Waals surface area contributed by atoms with Gasteiger partial charge in [-0.2, -0.15) is 0 Å². The Labute approximate surface area is 180 Å². The van der Waals surface area contributed by atoms with Gasteiger partial charge in [-0.3, -0.25) is 10.1 Å². The van der Waals surface area contributed by atoms with Crippen LogP contribution >= 0.6 is 27.3 Å². The van der Waals surface area contributed by atoms with Gasteiger partial charge in [-0.05, 0) is 57.0 Å². The van der Waals surface area contributed by atoms with E-state index in [4.69, 9.17) is 9.47 Å². The number of methoxy groups -OCH3 is 2. The number of carbonyl (C=O) groups excluding carboxylic acids is 1. The first kappa shape index (κ1) is 19.4. The Balaban J connectivity index is 1.60. The van der Waals surface area contributed by atoms with Gasteiger partial charge in [-0.25, -0.2) is 4.98 Å². The molecule has 29 heavy (non-hydrogen) atoms. The molecule has 146 valence electrons. The average Bonchev–Trinajstić information content (AvgIpc) is 3.21. The summed E-state index contributed by atoms with van der Waals surface area (Å²) >= 11 is 4.85. The number of carbonyl (C=O) groups is 1. The summed E-state index contributed by atoms with van der Waals surface area (Å²) in [7, 11) is 3.18. The molecule has 1 N–H and O–H groups in total. The monoisotopic (exact) mass is 468 g/mol. The van der Waals surface area contributed by atoms with Gasteiger partial charge in [-0.1, -0.05) is 24.3 Å². The Kier molecular flexibility index (Phi) is 5.51. The van der Waals surface area contributed by atoms with Gasteiger partial charge < -0.3 is 9.47 Å². The van der Waals surface area contributed by atoms with Gasteiger partial charge in [0.1, 0.15) is 11.5 Å². The zero-order valence-corrected chi connectivity index (χ0v) is 18.1. The molecule has 0 atom stereocenters. The fourth-order valence-corrected chi connectivity index (χ4v) is 4.28. The van der Waals surface area contributed by atoms with E-state index in [0.29, 0.717) is 16.4 Å². The molecule has 4 rings (SSSR count). The van der Waals surface area contributed by atoms with Gasteiger partial charge in [0.2, 0.25) is 0 Å². The molecule has 0 fully saturated rings. The minimum Gasteiger partial charge on any atom is -0.496 e. The van der Waals surface area contributed by atoms with E-state index >= 15 is 0 Å². The summed E-state index contributed by atoms with van der Waals surface area (Å²) < 4.78 is 11.5. The van der Waals surface area contributed by atoms with E-state index in [2.05, 4.69) is 26.2 Å². The van der Waals surface area contributed by atoms with Gasteiger partial charge in [0.05, 0.1) is 29.9 Å². The van der Waals surface area contributed by atoms with E-state index in [-0.39, 0.29) is 5.91 Å². The number of nitrogens with zero attached hydrogens (tertiary/aromatic N) is 1. The van der Waals surface area contributed by atoms with Crippen LogP contribution in [0, 0.1) is 0 Å². The number of amides is 1. The number of thiazole rings is 1. The lowest BCUT2D eigenvalue weighted by Crippen LogP contribution is -2.13. The lowest BCUT2D eigenvalue weighted by Gasteiger charge is -2.10. The topological polar surface area (TPSA) is 60.5 Å². The Morgan fingerprint density at radius 1 is 1.00 bits per heavy atom. The summed E-state index contributed by atoms with van der Waals surface area (Å²) in [5.74, 6) is 1.02. The number of fused-ring (bicyclic) bond motifs is 1. The Bertz CT molecular complexity index is 1210. The molecule has 5 nitrogen and oxygen atoms in total. The number of hydrogen-bond donors (Lipinski definition) is 1. The molecule has 0 aliphatic heterocycles. The van der Waals surface area contributed by atoms with Crippen molar-refractivity contribution in [1.82, 2.24) is 4.98 Å². The van der Waals surface area contributed by atoms with Crippen molar-refractivity contribution in [1.29, 1.82) is 0 Å². The van der Waals surface area contributed by atoms with Crippen molar-refractivity contribution < 1.29 is 14.3 Å². The third kappa shape index (κ3) is 3.97. The zero-order valence-electron chi connectivity index (χ0n) is 15.7. The van der Waals surface area contributed by atoms with Crippen LogP contribution in [0.1, 0.15) is 10.4 Å². The number of rotatable bonds is 5. The summed E-state index contributed by atoms with van der Waals surface area (Å²) in [6, 6.07) is 17.3. The first-order valence-electron chi connectivity index (χ1n) is 8.76. The van der Waals surface area contributed by atoms with Crippen LogP contribution in [0.3, 0.4) is 0 Å². The van der Waals surface area contributed by atoms with E-state index in [1.165, 1.54) is 11.3 Å². The SMILES string of the molecule is COc1ccc(-c2csc(NC(=O)c3cc4ccccc4cc3OC)n2)cc1Br. The van der Waals surface area contributed by atoms with Gasteiger partial charge in [0.25, 0.3) is 5.91 Å². The molecule has 0 aliphatic rings. The van der Waals surface area contributed by atoms with Gasteiger partial charge >= 0.3 is 0 Å². The molecule has 1 amide bonds. The highest BCUT2D eigenvalue weighted by molar-refractivity contribution is 9.10. The molecule has 7 heteroatoms. The second-order valence-corrected chi connectivity index (χ2v) is 7.95. The van der Waals surface area contributed by atoms with Crippen LogP contribution in [0.5, 0.6) is 11.5 Å². The molecule has 0 aliphatic carbocycles. The normalized spacial score (nSPS) is 10.7. The van der Waals surface area contributed by atoms with Crippen LogP contribution in [-0.2, 0) is 0 Å². The quantitative estimate of drug-likeness (QED) is 0.390. The standard InChI is InChI=1S/C22H17BrN2O3S/c1-27-19-8-7-15(10-17(19)23)18-12-29-22(24-18)25-21(26)16-9-13-5-3-4-6-14(13)11-20(16)28-2/h3-12H,1-2H3,(H,24,25,26). The van der Waals surface area contributed by atoms with Gasteiger partial charge in [0.15, 0.2) is 5.13 Å². The lowest BCUT2D eigenvalue weighted by molar-refractivity contribution is 0.102. The molecule has 1 heterocycles. The van der Waals surface area contributed by atoms with Crippen molar-refractivity contribution in [3.8, 4) is 22.8 Å². The highest BCUT2D eigenvalue weighted by Gasteiger charge is 2.16. The van der Waals surface area contributed by atoms with Crippen molar-refractivity contribution in [2.24, 2.45) is 0 Å². The minimum absolute atomic E-state index is 0.260. The van der Waals surface area contributed by atoms with Crippen molar-refractivity contribution in [3.63, 3.8) is 0 Å². The maximum Gasteiger partial charge on any atom is 0.261 e. The predicted octanol–water partition coefficient (Wildman–Crippen LogP) is 6.00. The molecular formula is C22H17BrN2O3S. The number of ether oxygens (including phenoxy) is 2. The third-order valence-electron chi connectivity index (χ3n) is 4.48. The largest absolute Gasteiger partial charge is 0.496 e. The van der Waals surface area contributed by atoms with Crippen molar-refractivity contribution >= 4 is 49.1 Å². The first-order chi connectivity index (χ1) is 14.1. The van der Waals surface area contributed by atoms with Crippen molar-refractivity contribution in [2.75, 3.05) is 19.5 Å². The first-order valence-corrected chi connectivity index (χ1v) is 10.4.